The molecule has 1 aliphatic heterocycles. The van der Waals surface area contributed by atoms with E-state index in [1.807, 2.05) is 11.9 Å². The average Bonchev–Trinajstić information content (AvgIpc) is 2.58. The van der Waals surface area contributed by atoms with E-state index < -0.39 is 10.0 Å². The molecule has 2 aromatic carbocycles. The van der Waals surface area contributed by atoms with Gasteiger partial charge in [0.2, 0.25) is 10.0 Å². The highest BCUT2D eigenvalue weighted by atomic mass is 35.5. The minimum absolute atomic E-state index is 0.152. The van der Waals surface area contributed by atoms with Crippen LogP contribution in [0.15, 0.2) is 48.5 Å². The first-order valence-electron chi connectivity index (χ1n) is 8.04. The Morgan fingerprint density at radius 1 is 1.12 bits per heavy atom. The number of hydrogen-bond donors (Lipinski definition) is 0. The lowest BCUT2D eigenvalue weighted by atomic mass is 10.0. The monoisotopic (exact) mass is 382 g/mol. The lowest BCUT2D eigenvalue weighted by Gasteiger charge is -2.39. The van der Waals surface area contributed by atoms with Crippen LogP contribution in [0.4, 0.5) is 4.39 Å². The van der Waals surface area contributed by atoms with Crippen LogP contribution in [0.1, 0.15) is 17.2 Å². The van der Waals surface area contributed by atoms with Crippen molar-refractivity contribution in [2.45, 2.75) is 11.8 Å². The van der Waals surface area contributed by atoms with Crippen LogP contribution in [0.25, 0.3) is 0 Å². The van der Waals surface area contributed by atoms with Gasteiger partial charge in [-0.25, -0.2) is 12.8 Å². The van der Waals surface area contributed by atoms with Gasteiger partial charge in [-0.2, -0.15) is 4.31 Å². The Morgan fingerprint density at radius 2 is 1.80 bits per heavy atom. The van der Waals surface area contributed by atoms with E-state index in [1.165, 1.54) is 10.4 Å². The molecule has 0 bridgehead atoms. The molecule has 0 aromatic heterocycles. The molecule has 0 amide bonds. The van der Waals surface area contributed by atoms with E-state index in [1.54, 1.807) is 42.5 Å². The molecule has 0 N–H and O–H groups in total. The zero-order valence-corrected chi connectivity index (χ0v) is 15.5. The number of rotatable bonds is 4. The van der Waals surface area contributed by atoms with Crippen molar-refractivity contribution in [2.75, 3.05) is 26.7 Å². The maximum absolute atomic E-state index is 14.2. The van der Waals surface area contributed by atoms with Gasteiger partial charge < -0.3 is 0 Å². The Morgan fingerprint density at radius 3 is 2.52 bits per heavy atom. The molecular weight excluding hydrogens is 363 g/mol. The van der Waals surface area contributed by atoms with Gasteiger partial charge in [0.15, 0.2) is 0 Å². The fraction of sp³-hybridized carbons (Fsp3) is 0.333. The molecule has 3 rings (SSSR count). The summed E-state index contributed by atoms with van der Waals surface area (Å²) in [5, 5.41) is 0.436. The van der Waals surface area contributed by atoms with E-state index >= 15 is 0 Å². The number of halogens is 2. The molecule has 1 saturated heterocycles. The van der Waals surface area contributed by atoms with Crippen LogP contribution in [0.5, 0.6) is 0 Å². The molecule has 25 heavy (non-hydrogen) atoms. The Labute approximate surface area is 152 Å². The van der Waals surface area contributed by atoms with Crippen LogP contribution >= 0.6 is 11.6 Å². The summed E-state index contributed by atoms with van der Waals surface area (Å²) in [4.78, 5) is 1.99. The van der Waals surface area contributed by atoms with E-state index in [-0.39, 0.29) is 24.2 Å². The molecule has 1 unspecified atom stereocenters. The van der Waals surface area contributed by atoms with Gasteiger partial charge >= 0.3 is 0 Å². The van der Waals surface area contributed by atoms with Gasteiger partial charge in [-0.3, -0.25) is 4.90 Å². The Bertz CT molecular complexity index is 860. The summed E-state index contributed by atoms with van der Waals surface area (Å²) < 4.78 is 41.3. The molecule has 7 heteroatoms. The maximum Gasteiger partial charge on any atom is 0.218 e. The number of hydrogen-bond acceptors (Lipinski definition) is 3. The normalized spacial score (nSPS) is 19.9. The molecule has 0 spiro atoms. The molecule has 0 aliphatic carbocycles. The lowest BCUT2D eigenvalue weighted by molar-refractivity contribution is 0.145. The first-order valence-corrected chi connectivity index (χ1v) is 10.0. The first-order chi connectivity index (χ1) is 11.9. The minimum atomic E-state index is -3.54. The van der Waals surface area contributed by atoms with E-state index in [0.29, 0.717) is 29.2 Å². The summed E-state index contributed by atoms with van der Waals surface area (Å²) in [6.45, 7) is 1.15. The second kappa shape index (κ2) is 7.41. The number of sulfonamides is 1. The van der Waals surface area contributed by atoms with Crippen LogP contribution in [0.3, 0.4) is 0 Å². The summed E-state index contributed by atoms with van der Waals surface area (Å²) in [6, 6.07) is 13.1. The summed E-state index contributed by atoms with van der Waals surface area (Å²) >= 11 is 6.10. The third-order valence-electron chi connectivity index (χ3n) is 4.56. The Kier molecular flexibility index (Phi) is 5.43. The molecule has 1 atom stereocenters. The van der Waals surface area contributed by atoms with Crippen molar-refractivity contribution in [1.29, 1.82) is 0 Å². The molecule has 0 saturated carbocycles. The highest BCUT2D eigenvalue weighted by Gasteiger charge is 2.33. The Balaban J connectivity index is 1.83. The van der Waals surface area contributed by atoms with Crippen molar-refractivity contribution in [2.24, 2.45) is 0 Å². The number of piperazine rings is 1. The molecule has 1 heterocycles. The van der Waals surface area contributed by atoms with Gasteiger partial charge in [-0.15, -0.1) is 0 Å². The van der Waals surface area contributed by atoms with Crippen LogP contribution in [-0.4, -0.2) is 44.3 Å². The van der Waals surface area contributed by atoms with Crippen molar-refractivity contribution in [1.82, 2.24) is 9.21 Å². The minimum Gasteiger partial charge on any atom is -0.297 e. The molecule has 2 aromatic rings. The number of nitrogens with zero attached hydrogens (tertiary/aromatic N) is 2. The highest BCUT2D eigenvalue weighted by molar-refractivity contribution is 7.88. The lowest BCUT2D eigenvalue weighted by Crippen LogP contribution is -2.49. The fourth-order valence-electron chi connectivity index (χ4n) is 3.09. The van der Waals surface area contributed by atoms with E-state index in [2.05, 4.69) is 0 Å². The van der Waals surface area contributed by atoms with Gasteiger partial charge in [-0.1, -0.05) is 48.0 Å². The average molecular weight is 383 g/mol. The molecular formula is C18H20ClFN2O2S. The summed E-state index contributed by atoms with van der Waals surface area (Å²) in [5.41, 5.74) is 1.09. The second-order valence-electron chi connectivity index (χ2n) is 6.22. The van der Waals surface area contributed by atoms with Crippen LogP contribution in [-0.2, 0) is 15.8 Å². The van der Waals surface area contributed by atoms with Crippen LogP contribution in [0.2, 0.25) is 5.02 Å². The van der Waals surface area contributed by atoms with Gasteiger partial charge in [0.05, 0.1) is 11.8 Å². The molecule has 1 fully saturated rings. The van der Waals surface area contributed by atoms with E-state index in [0.717, 1.165) is 0 Å². The standard InChI is InChI=1S/C18H20ClFN2O2S/c1-21-10-11-22(12-18(21)15-7-3-5-9-17(15)20)25(23,24)13-14-6-2-4-8-16(14)19/h2-9,18H,10-13H2,1H3. The summed E-state index contributed by atoms with van der Waals surface area (Å²) in [7, 11) is -1.65. The SMILES string of the molecule is CN1CCN(S(=O)(=O)Cc2ccccc2Cl)CC1c1ccccc1F. The van der Waals surface area contributed by atoms with Crippen molar-refractivity contribution < 1.29 is 12.8 Å². The molecule has 4 nitrogen and oxygen atoms in total. The molecule has 1 aliphatic rings. The Hall–Kier alpha value is -1.47. The largest absolute Gasteiger partial charge is 0.297 e. The predicted molar refractivity (Wildman–Crippen MR) is 97.4 cm³/mol. The highest BCUT2D eigenvalue weighted by Crippen LogP contribution is 2.29. The topological polar surface area (TPSA) is 40.6 Å². The van der Waals surface area contributed by atoms with Gasteiger partial charge in [-0.05, 0) is 24.7 Å². The third-order valence-corrected chi connectivity index (χ3v) is 6.73. The van der Waals surface area contributed by atoms with Crippen molar-refractivity contribution in [3.63, 3.8) is 0 Å². The van der Waals surface area contributed by atoms with Crippen LogP contribution in [0, 0.1) is 5.82 Å². The molecule has 134 valence electrons. The maximum atomic E-state index is 14.2. The fourth-order valence-corrected chi connectivity index (χ4v) is 4.92. The van der Waals surface area contributed by atoms with Crippen molar-refractivity contribution in [3.8, 4) is 0 Å². The predicted octanol–water partition coefficient (Wildman–Crippen LogP) is 3.30. The van der Waals surface area contributed by atoms with E-state index in [4.69, 9.17) is 11.6 Å². The number of likely N-dealkylation sites (N-methyl/N-ethyl adjacent to an activating group) is 1. The number of benzene rings is 2. The van der Waals surface area contributed by atoms with Gasteiger partial charge in [0, 0.05) is 30.2 Å². The van der Waals surface area contributed by atoms with Crippen molar-refractivity contribution >= 4 is 21.6 Å². The summed E-state index contributed by atoms with van der Waals surface area (Å²) in [6.07, 6.45) is 0. The zero-order valence-electron chi connectivity index (χ0n) is 13.9. The van der Waals surface area contributed by atoms with E-state index in [9.17, 15) is 12.8 Å². The quantitative estimate of drug-likeness (QED) is 0.814. The molecule has 0 radical (unpaired) electrons. The van der Waals surface area contributed by atoms with Gasteiger partial charge in [0.1, 0.15) is 5.82 Å². The first kappa shape index (κ1) is 18.3. The summed E-state index contributed by atoms with van der Waals surface area (Å²) in [5.74, 6) is -0.467. The third kappa shape index (κ3) is 4.03. The van der Waals surface area contributed by atoms with Gasteiger partial charge in [0.25, 0.3) is 0 Å². The second-order valence-corrected chi connectivity index (χ2v) is 8.60. The smallest absolute Gasteiger partial charge is 0.218 e. The zero-order chi connectivity index (χ0) is 18.0. The van der Waals surface area contributed by atoms with Crippen LogP contribution < -0.4 is 0 Å². The van der Waals surface area contributed by atoms with Crippen molar-refractivity contribution in [3.05, 3.63) is 70.5 Å².